The standard InChI is InChI=1S/C28H27N5O3S/c34-28(26-20-25(21-10-4-1-5-11-21)31-33(26)23-12-6-2-7-13-23)30-22-15-17-24(18-16-22)37(35,36)32-27-14-8-3-9-19-29-27/h1-2,4-7,10-13,15-18,20H,3,8-9,14,19H2,(H,29,32)(H,30,34). The largest absolute Gasteiger partial charge is 0.321 e. The lowest BCUT2D eigenvalue weighted by Gasteiger charge is -2.11. The van der Waals surface area contributed by atoms with E-state index in [4.69, 9.17) is 0 Å². The number of benzene rings is 3. The van der Waals surface area contributed by atoms with E-state index >= 15 is 0 Å². The normalized spacial score (nSPS) is 13.9. The first-order valence-electron chi connectivity index (χ1n) is 12.2. The van der Waals surface area contributed by atoms with Gasteiger partial charge in [-0.2, -0.15) is 5.10 Å². The van der Waals surface area contributed by atoms with E-state index in [1.165, 1.54) is 12.1 Å². The average molecular weight is 514 g/mol. The predicted molar refractivity (Wildman–Crippen MR) is 144 cm³/mol. The molecule has 1 aliphatic rings. The number of nitrogens with one attached hydrogen (secondary N) is 2. The topological polar surface area (TPSA) is 105 Å². The number of amides is 1. The molecule has 0 saturated carbocycles. The number of hydrogen-bond acceptors (Lipinski definition) is 5. The zero-order valence-corrected chi connectivity index (χ0v) is 21.0. The minimum absolute atomic E-state index is 0.109. The van der Waals surface area contributed by atoms with Crippen LogP contribution in [0.1, 0.15) is 36.2 Å². The third-order valence-electron chi connectivity index (χ3n) is 6.06. The molecule has 2 N–H and O–H groups in total. The van der Waals surface area contributed by atoms with Crippen molar-refractivity contribution in [2.75, 3.05) is 11.9 Å². The first-order chi connectivity index (χ1) is 18.0. The van der Waals surface area contributed by atoms with E-state index < -0.39 is 10.0 Å². The first kappa shape index (κ1) is 24.5. The molecule has 1 amide bonds. The molecule has 4 aromatic rings. The number of carbonyl (C=O) groups is 1. The number of aromatic nitrogens is 2. The molecule has 0 saturated heterocycles. The number of carbonyl (C=O) groups excluding carboxylic acids is 1. The highest BCUT2D eigenvalue weighted by molar-refractivity contribution is 7.90. The zero-order valence-electron chi connectivity index (χ0n) is 20.2. The second-order valence-corrected chi connectivity index (χ2v) is 10.4. The molecule has 0 bridgehead atoms. The van der Waals surface area contributed by atoms with Crippen LogP contribution in [0.5, 0.6) is 0 Å². The van der Waals surface area contributed by atoms with Crippen LogP contribution in [-0.4, -0.2) is 36.5 Å². The van der Waals surface area contributed by atoms with Crippen molar-refractivity contribution in [3.8, 4) is 16.9 Å². The highest BCUT2D eigenvalue weighted by Crippen LogP contribution is 2.23. The van der Waals surface area contributed by atoms with Gasteiger partial charge >= 0.3 is 0 Å². The number of hydrogen-bond donors (Lipinski definition) is 2. The highest BCUT2D eigenvalue weighted by atomic mass is 32.2. The smallest absolute Gasteiger partial charge is 0.274 e. The molecule has 2 heterocycles. The van der Waals surface area contributed by atoms with Crippen LogP contribution in [0, 0.1) is 0 Å². The molecule has 1 aromatic heterocycles. The Labute approximate surface area is 216 Å². The van der Waals surface area contributed by atoms with Crippen molar-refractivity contribution in [3.05, 3.63) is 96.7 Å². The van der Waals surface area contributed by atoms with E-state index in [9.17, 15) is 13.2 Å². The predicted octanol–water partition coefficient (Wildman–Crippen LogP) is 5.04. The van der Waals surface area contributed by atoms with Gasteiger partial charge in [0.2, 0.25) is 0 Å². The number of rotatable bonds is 6. The third kappa shape index (κ3) is 5.78. The number of anilines is 1. The van der Waals surface area contributed by atoms with Crippen molar-refractivity contribution in [2.24, 2.45) is 4.99 Å². The Hall–Kier alpha value is -4.24. The van der Waals surface area contributed by atoms with E-state index in [1.54, 1.807) is 22.9 Å². The Balaban J connectivity index is 1.37. The zero-order chi connectivity index (χ0) is 25.7. The van der Waals surface area contributed by atoms with Crippen molar-refractivity contribution in [1.82, 2.24) is 14.5 Å². The SMILES string of the molecule is O=C(Nc1ccc(S(=O)(=O)NC2=NCCCCC2)cc1)c1cc(-c2ccccc2)nn1-c1ccccc1. The summed E-state index contributed by atoms with van der Waals surface area (Å²) < 4.78 is 29.8. The van der Waals surface area contributed by atoms with Gasteiger partial charge in [-0.25, -0.2) is 13.1 Å². The molecular formula is C28H27N5O3S. The number of aliphatic imine (C=N–C) groups is 1. The molecule has 188 valence electrons. The van der Waals surface area contributed by atoms with Crippen LogP contribution in [0.3, 0.4) is 0 Å². The lowest BCUT2D eigenvalue weighted by atomic mass is 10.1. The van der Waals surface area contributed by atoms with Gasteiger partial charge in [-0.05, 0) is 55.3 Å². The fourth-order valence-electron chi connectivity index (χ4n) is 4.14. The Morgan fingerprint density at radius 3 is 2.27 bits per heavy atom. The maximum atomic E-state index is 13.3. The van der Waals surface area contributed by atoms with Gasteiger partial charge in [0, 0.05) is 24.2 Å². The summed E-state index contributed by atoms with van der Waals surface area (Å²) in [4.78, 5) is 17.8. The quantitative estimate of drug-likeness (QED) is 0.377. The average Bonchev–Trinajstić information content (AvgIpc) is 3.22. The van der Waals surface area contributed by atoms with Gasteiger partial charge < -0.3 is 5.32 Å². The Kier molecular flexibility index (Phi) is 7.14. The van der Waals surface area contributed by atoms with Crippen LogP contribution >= 0.6 is 0 Å². The van der Waals surface area contributed by atoms with Crippen molar-refractivity contribution < 1.29 is 13.2 Å². The van der Waals surface area contributed by atoms with Crippen LogP contribution in [0.4, 0.5) is 5.69 Å². The van der Waals surface area contributed by atoms with E-state index in [0.717, 1.165) is 30.5 Å². The monoisotopic (exact) mass is 513 g/mol. The molecule has 0 atom stereocenters. The van der Waals surface area contributed by atoms with E-state index in [0.29, 0.717) is 35.9 Å². The van der Waals surface area contributed by atoms with E-state index in [2.05, 4.69) is 20.1 Å². The summed E-state index contributed by atoms with van der Waals surface area (Å²) in [6, 6.07) is 26.9. The molecule has 0 radical (unpaired) electrons. The molecule has 8 nitrogen and oxygen atoms in total. The lowest BCUT2D eigenvalue weighted by Crippen LogP contribution is -2.30. The second kappa shape index (κ2) is 10.8. The summed E-state index contributed by atoms with van der Waals surface area (Å²) in [5.74, 6) is 0.137. The summed E-state index contributed by atoms with van der Waals surface area (Å²) in [5, 5.41) is 7.54. The van der Waals surface area contributed by atoms with E-state index in [1.807, 2.05) is 60.7 Å². The fraction of sp³-hybridized carbons (Fsp3) is 0.179. The third-order valence-corrected chi connectivity index (χ3v) is 7.46. The van der Waals surface area contributed by atoms with Crippen LogP contribution in [0.2, 0.25) is 0 Å². The number of sulfonamides is 1. The van der Waals surface area contributed by atoms with Crippen LogP contribution in [0.25, 0.3) is 16.9 Å². The molecule has 9 heteroatoms. The molecule has 3 aromatic carbocycles. The van der Waals surface area contributed by atoms with Gasteiger partial charge in [-0.1, -0.05) is 55.0 Å². The molecule has 5 rings (SSSR count). The number of amidine groups is 1. The minimum atomic E-state index is -3.75. The molecule has 0 aliphatic carbocycles. The summed E-state index contributed by atoms with van der Waals surface area (Å²) in [5.41, 5.74) is 3.14. The van der Waals surface area contributed by atoms with Gasteiger partial charge in [-0.3, -0.25) is 14.5 Å². The van der Waals surface area contributed by atoms with Gasteiger partial charge in [-0.15, -0.1) is 0 Å². The van der Waals surface area contributed by atoms with Crippen LogP contribution in [0.15, 0.2) is 101 Å². The minimum Gasteiger partial charge on any atom is -0.321 e. The van der Waals surface area contributed by atoms with Gasteiger partial charge in [0.25, 0.3) is 15.9 Å². The molecular weight excluding hydrogens is 486 g/mol. The molecule has 0 spiro atoms. The number of nitrogens with zero attached hydrogens (tertiary/aromatic N) is 3. The van der Waals surface area contributed by atoms with Gasteiger partial charge in [0.15, 0.2) is 0 Å². The van der Waals surface area contributed by atoms with Crippen LogP contribution < -0.4 is 10.0 Å². The maximum Gasteiger partial charge on any atom is 0.274 e. The molecule has 37 heavy (non-hydrogen) atoms. The summed E-state index contributed by atoms with van der Waals surface area (Å²) in [6.07, 6.45) is 3.54. The van der Waals surface area contributed by atoms with Crippen molar-refractivity contribution in [1.29, 1.82) is 0 Å². The van der Waals surface area contributed by atoms with Crippen molar-refractivity contribution in [3.63, 3.8) is 0 Å². The summed E-state index contributed by atoms with van der Waals surface area (Å²) >= 11 is 0. The second-order valence-electron chi connectivity index (χ2n) is 8.75. The maximum absolute atomic E-state index is 13.3. The van der Waals surface area contributed by atoms with Crippen molar-refractivity contribution in [2.45, 2.75) is 30.6 Å². The summed E-state index contributed by atoms with van der Waals surface area (Å²) in [6.45, 7) is 0.633. The molecule has 1 aliphatic heterocycles. The fourth-order valence-corrected chi connectivity index (χ4v) is 5.23. The Bertz CT molecular complexity index is 1510. The molecule has 0 fully saturated rings. The Morgan fingerprint density at radius 2 is 1.54 bits per heavy atom. The first-order valence-corrected chi connectivity index (χ1v) is 13.7. The van der Waals surface area contributed by atoms with Crippen LogP contribution in [-0.2, 0) is 10.0 Å². The molecule has 0 unspecified atom stereocenters. The summed E-state index contributed by atoms with van der Waals surface area (Å²) in [7, 11) is -3.75. The van der Waals surface area contributed by atoms with Gasteiger partial charge in [0.05, 0.1) is 16.3 Å². The Morgan fingerprint density at radius 1 is 0.838 bits per heavy atom. The lowest BCUT2D eigenvalue weighted by molar-refractivity contribution is 0.101. The highest BCUT2D eigenvalue weighted by Gasteiger charge is 2.20. The van der Waals surface area contributed by atoms with E-state index in [-0.39, 0.29) is 10.8 Å². The van der Waals surface area contributed by atoms with Crippen molar-refractivity contribution >= 4 is 27.5 Å². The number of para-hydroxylation sites is 1. The van der Waals surface area contributed by atoms with Gasteiger partial charge in [0.1, 0.15) is 11.5 Å².